The number of nitrogens with two attached hydrogens (primary N) is 1. The summed E-state index contributed by atoms with van der Waals surface area (Å²) in [5, 5.41) is 0.743. The van der Waals surface area contributed by atoms with Crippen molar-refractivity contribution >= 4 is 33.4 Å². The van der Waals surface area contributed by atoms with E-state index in [2.05, 4.69) is 26.3 Å². The van der Waals surface area contributed by atoms with E-state index in [9.17, 15) is 4.79 Å². The van der Waals surface area contributed by atoms with Gasteiger partial charge in [0.25, 0.3) is 0 Å². The zero-order valence-corrected chi connectivity index (χ0v) is 13.3. The van der Waals surface area contributed by atoms with Crippen LogP contribution in [0.4, 0.5) is 0 Å². The molecular formula is C12H18BrClN4O. The zero-order valence-electron chi connectivity index (χ0n) is 11.0. The summed E-state index contributed by atoms with van der Waals surface area (Å²) in [6.07, 6.45) is 5.05. The summed E-state index contributed by atoms with van der Waals surface area (Å²) in [7, 11) is 0. The van der Waals surface area contributed by atoms with Gasteiger partial charge in [-0.25, -0.2) is 10.8 Å². The number of rotatable bonds is 1. The molecule has 0 aromatic carbocycles. The molecule has 5 nitrogen and oxygen atoms in total. The van der Waals surface area contributed by atoms with Crippen LogP contribution in [0, 0.1) is 0 Å². The number of hydrogen-bond acceptors (Lipinski definition) is 3. The lowest BCUT2D eigenvalue weighted by molar-refractivity contribution is 0.0938. The van der Waals surface area contributed by atoms with Crippen LogP contribution in [0.1, 0.15) is 36.6 Å². The highest BCUT2D eigenvalue weighted by molar-refractivity contribution is 9.09. The van der Waals surface area contributed by atoms with Gasteiger partial charge in [-0.05, 0) is 6.42 Å². The molecular weight excluding hydrogens is 332 g/mol. The third kappa shape index (κ3) is 4.06. The molecule has 0 saturated carbocycles. The Hall–Kier alpha value is -0.850. The van der Waals surface area contributed by atoms with E-state index in [0.29, 0.717) is 18.8 Å². The number of allylic oxidation sites excluding steroid dienone is 2. The molecule has 1 unspecified atom stereocenters. The van der Waals surface area contributed by atoms with Gasteiger partial charge in [-0.1, -0.05) is 47.5 Å². The van der Waals surface area contributed by atoms with E-state index in [1.54, 1.807) is 6.20 Å². The molecule has 1 aromatic rings. The minimum atomic E-state index is -0.386. The smallest absolute Gasteiger partial charge is 0.301 e. The monoisotopic (exact) mass is 348 g/mol. The molecule has 1 aliphatic heterocycles. The average Bonchev–Trinajstić information content (AvgIpc) is 2.78. The van der Waals surface area contributed by atoms with Crippen molar-refractivity contribution in [1.29, 1.82) is 0 Å². The van der Waals surface area contributed by atoms with Crippen molar-refractivity contribution in [1.82, 2.24) is 15.0 Å². The van der Waals surface area contributed by atoms with Gasteiger partial charge >= 0.3 is 5.91 Å². The highest BCUT2D eigenvalue weighted by atomic mass is 79.9. The third-order valence-electron chi connectivity index (χ3n) is 2.61. The van der Waals surface area contributed by atoms with E-state index in [1.807, 2.05) is 24.5 Å². The number of hydrazine groups is 1. The molecule has 7 heteroatoms. The van der Waals surface area contributed by atoms with Crippen molar-refractivity contribution in [3.63, 3.8) is 0 Å². The van der Waals surface area contributed by atoms with Crippen LogP contribution in [0.5, 0.6) is 0 Å². The van der Waals surface area contributed by atoms with Gasteiger partial charge in [0.2, 0.25) is 5.82 Å². The fourth-order valence-electron chi connectivity index (χ4n) is 1.81. The number of halogens is 2. The van der Waals surface area contributed by atoms with E-state index >= 15 is 0 Å². The van der Waals surface area contributed by atoms with Crippen LogP contribution in [0.2, 0.25) is 0 Å². The van der Waals surface area contributed by atoms with Crippen LogP contribution in [-0.2, 0) is 13.0 Å². The summed E-state index contributed by atoms with van der Waals surface area (Å²) in [5.74, 6) is 5.06. The molecule has 2 heterocycles. The highest BCUT2D eigenvalue weighted by Crippen LogP contribution is 2.22. The van der Waals surface area contributed by atoms with E-state index in [-0.39, 0.29) is 10.7 Å². The summed E-state index contributed by atoms with van der Waals surface area (Å²) < 4.78 is 1.85. The number of nitrogens with zero attached hydrogens (tertiary/aromatic N) is 2. The standard InChI is InChI=1S/C10H12BrClN4O.C2H6/c11-6-1-2-16-8(4-7(12)3-6)5-14-9(16)10(17)15-13;1-2/h3,5-6H,1-2,4,13H2,(H,15,17);1-2H3/b7-3+;. The molecule has 0 saturated heterocycles. The Morgan fingerprint density at radius 2 is 2.32 bits per heavy atom. The maximum atomic E-state index is 11.5. The molecule has 0 fully saturated rings. The molecule has 1 aromatic heterocycles. The summed E-state index contributed by atoms with van der Waals surface area (Å²) in [5.41, 5.74) is 3.01. The Morgan fingerprint density at radius 3 is 2.95 bits per heavy atom. The molecule has 1 atom stereocenters. The third-order valence-corrected chi connectivity index (χ3v) is 3.59. The molecule has 0 bridgehead atoms. The van der Waals surface area contributed by atoms with Crippen molar-refractivity contribution < 1.29 is 4.79 Å². The number of fused-ring (bicyclic) bond motifs is 1. The van der Waals surface area contributed by atoms with Gasteiger partial charge in [0.15, 0.2) is 0 Å². The van der Waals surface area contributed by atoms with Crippen LogP contribution in [0.15, 0.2) is 17.3 Å². The van der Waals surface area contributed by atoms with Crippen molar-refractivity contribution in [3.8, 4) is 0 Å². The summed E-state index contributed by atoms with van der Waals surface area (Å²) in [6, 6.07) is 0. The number of carbonyl (C=O) groups is 1. The Balaban J connectivity index is 0.000000861. The predicted octanol–water partition coefficient (Wildman–Crippen LogP) is 2.35. The Bertz CT molecular complexity index is 472. The average molecular weight is 350 g/mol. The van der Waals surface area contributed by atoms with E-state index in [4.69, 9.17) is 17.4 Å². The van der Waals surface area contributed by atoms with Crippen molar-refractivity contribution in [3.05, 3.63) is 28.8 Å². The zero-order chi connectivity index (χ0) is 14.4. The van der Waals surface area contributed by atoms with Crippen molar-refractivity contribution in [2.75, 3.05) is 0 Å². The van der Waals surface area contributed by atoms with Gasteiger partial charge in [-0.2, -0.15) is 0 Å². The number of nitrogen functional groups attached to an aromatic ring is 1. The predicted molar refractivity (Wildman–Crippen MR) is 80.2 cm³/mol. The second kappa shape index (κ2) is 7.67. The minimum absolute atomic E-state index is 0.208. The molecule has 3 N–H and O–H groups in total. The number of hydrogen-bond donors (Lipinski definition) is 2. The lowest BCUT2D eigenvalue weighted by atomic mass is 10.2. The Morgan fingerprint density at radius 1 is 1.63 bits per heavy atom. The SMILES string of the molecule is CC.NNC(=O)c1ncc2n1CCC(Br)/C=C(/Cl)C2. The van der Waals surface area contributed by atoms with Crippen molar-refractivity contribution in [2.45, 2.75) is 38.1 Å². The van der Waals surface area contributed by atoms with E-state index in [1.165, 1.54) is 0 Å². The van der Waals surface area contributed by atoms with Gasteiger partial charge in [0.1, 0.15) is 0 Å². The van der Waals surface area contributed by atoms with Crippen LogP contribution in [-0.4, -0.2) is 20.3 Å². The Kier molecular flexibility index (Phi) is 6.54. The van der Waals surface area contributed by atoms with Crippen LogP contribution < -0.4 is 11.3 Å². The first-order chi connectivity index (χ1) is 9.11. The quantitative estimate of drug-likeness (QED) is 0.354. The number of nitrogens with one attached hydrogen (secondary N) is 1. The van der Waals surface area contributed by atoms with E-state index in [0.717, 1.165) is 17.1 Å². The normalized spacial score (nSPS) is 20.9. The number of aromatic nitrogens is 2. The fraction of sp³-hybridized carbons (Fsp3) is 0.500. The van der Waals surface area contributed by atoms with Gasteiger partial charge in [-0.15, -0.1) is 0 Å². The molecule has 0 spiro atoms. The van der Waals surface area contributed by atoms with Crippen LogP contribution in [0.3, 0.4) is 0 Å². The molecule has 0 radical (unpaired) electrons. The summed E-state index contributed by atoms with van der Waals surface area (Å²) in [6.45, 7) is 4.70. The number of carbonyl (C=O) groups excluding carboxylic acids is 1. The molecule has 19 heavy (non-hydrogen) atoms. The molecule has 1 amide bonds. The summed E-state index contributed by atoms with van der Waals surface area (Å²) >= 11 is 9.62. The molecule has 2 rings (SSSR count). The molecule has 106 valence electrons. The van der Waals surface area contributed by atoms with Gasteiger partial charge < -0.3 is 4.57 Å². The summed E-state index contributed by atoms with van der Waals surface area (Å²) in [4.78, 5) is 15.8. The first kappa shape index (κ1) is 16.2. The largest absolute Gasteiger partial charge is 0.324 e. The minimum Gasteiger partial charge on any atom is -0.324 e. The number of amides is 1. The molecule has 1 aliphatic rings. The van der Waals surface area contributed by atoms with Crippen LogP contribution in [0.25, 0.3) is 0 Å². The lowest BCUT2D eigenvalue weighted by Crippen LogP contribution is -2.33. The van der Waals surface area contributed by atoms with Gasteiger partial charge in [0, 0.05) is 34.7 Å². The lowest BCUT2D eigenvalue weighted by Gasteiger charge is -2.15. The molecule has 0 aliphatic carbocycles. The first-order valence-electron chi connectivity index (χ1n) is 6.17. The van der Waals surface area contributed by atoms with Gasteiger partial charge in [0.05, 0.1) is 0 Å². The van der Waals surface area contributed by atoms with Crippen molar-refractivity contribution in [2.24, 2.45) is 5.84 Å². The number of alkyl halides is 1. The number of imidazole rings is 1. The second-order valence-electron chi connectivity index (χ2n) is 3.79. The topological polar surface area (TPSA) is 72.9 Å². The maximum Gasteiger partial charge on any atom is 0.301 e. The highest BCUT2D eigenvalue weighted by Gasteiger charge is 2.19. The maximum absolute atomic E-state index is 11.5. The van der Waals surface area contributed by atoms with Gasteiger partial charge in [-0.3, -0.25) is 10.2 Å². The second-order valence-corrected chi connectivity index (χ2v) is 5.45. The first-order valence-corrected chi connectivity index (χ1v) is 7.46. The fourth-order valence-corrected chi connectivity index (χ4v) is 2.78. The Labute approximate surface area is 126 Å². The van der Waals surface area contributed by atoms with Crippen LogP contribution >= 0.6 is 27.5 Å². The van der Waals surface area contributed by atoms with E-state index < -0.39 is 0 Å².